The lowest BCUT2D eigenvalue weighted by Crippen LogP contribution is -2.42. The van der Waals surface area contributed by atoms with Crippen molar-refractivity contribution in [1.82, 2.24) is 9.61 Å². The van der Waals surface area contributed by atoms with E-state index >= 15 is 0 Å². The molecule has 4 aromatic rings. The number of aryl methyl sites for hydroxylation is 1. The lowest BCUT2D eigenvalue weighted by atomic mass is 9.58. The van der Waals surface area contributed by atoms with Crippen molar-refractivity contribution in [3.05, 3.63) is 59.3 Å². The third kappa shape index (κ3) is 1.37. The van der Waals surface area contributed by atoms with Crippen molar-refractivity contribution in [3.63, 3.8) is 0 Å². The molecule has 0 bridgehead atoms. The Kier molecular flexibility index (Phi) is 2.34. The van der Waals surface area contributed by atoms with Crippen LogP contribution in [0, 0.1) is 6.92 Å². The first-order valence-corrected chi connectivity index (χ1v) is 8.68. The summed E-state index contributed by atoms with van der Waals surface area (Å²) < 4.78 is 2.17. The van der Waals surface area contributed by atoms with E-state index in [9.17, 15) is 0 Å². The van der Waals surface area contributed by atoms with Crippen LogP contribution in [0.25, 0.3) is 27.2 Å². The van der Waals surface area contributed by atoms with Gasteiger partial charge in [0.15, 0.2) is 0 Å². The highest BCUT2D eigenvalue weighted by molar-refractivity contribution is 6.15. The standard InChI is InChI=1S/C22H22N2/c1-13-9-10-14-15-7-6-8-16-19(15)20-17(22(4,5)21(16,2)3)12-23-24(20)18(14)11-13/h6-12H,1-5H3. The van der Waals surface area contributed by atoms with Crippen molar-refractivity contribution in [2.24, 2.45) is 0 Å². The molecule has 0 unspecified atom stereocenters. The summed E-state index contributed by atoms with van der Waals surface area (Å²) in [5.41, 5.74) is 6.66. The Labute approximate surface area is 142 Å². The highest BCUT2D eigenvalue weighted by atomic mass is 15.2. The minimum absolute atomic E-state index is 0.0353. The van der Waals surface area contributed by atoms with Crippen LogP contribution in [0.3, 0.4) is 0 Å². The number of nitrogens with zero attached hydrogens (tertiary/aromatic N) is 2. The number of hydrogen-bond acceptors (Lipinski definition) is 1. The quantitative estimate of drug-likeness (QED) is 0.391. The average Bonchev–Trinajstić information content (AvgIpc) is 2.99. The Bertz CT molecular complexity index is 1160. The molecular weight excluding hydrogens is 292 g/mol. The maximum atomic E-state index is 4.82. The van der Waals surface area contributed by atoms with Gasteiger partial charge in [0.1, 0.15) is 0 Å². The van der Waals surface area contributed by atoms with Gasteiger partial charge in [-0.05, 0) is 34.9 Å². The summed E-state index contributed by atoms with van der Waals surface area (Å²) in [5.74, 6) is 0. The fourth-order valence-corrected chi connectivity index (χ4v) is 4.50. The molecule has 0 saturated heterocycles. The van der Waals surface area contributed by atoms with Crippen molar-refractivity contribution in [2.75, 3.05) is 0 Å². The smallest absolute Gasteiger partial charge is 0.0788 e. The molecule has 0 aliphatic heterocycles. The van der Waals surface area contributed by atoms with Crippen molar-refractivity contribution < 1.29 is 0 Å². The Morgan fingerprint density at radius 2 is 1.62 bits per heavy atom. The highest BCUT2D eigenvalue weighted by Crippen LogP contribution is 2.53. The number of benzene rings is 2. The van der Waals surface area contributed by atoms with Gasteiger partial charge in [0.05, 0.1) is 17.2 Å². The number of aromatic nitrogens is 2. The van der Waals surface area contributed by atoms with Gasteiger partial charge in [0, 0.05) is 21.8 Å². The van der Waals surface area contributed by atoms with Gasteiger partial charge in [-0.2, -0.15) is 5.10 Å². The number of hydrogen-bond donors (Lipinski definition) is 0. The predicted octanol–water partition coefficient (Wildman–Crippen LogP) is 5.52. The summed E-state index contributed by atoms with van der Waals surface area (Å²) in [6.45, 7) is 11.6. The minimum Gasteiger partial charge on any atom is -0.232 e. The number of rotatable bonds is 0. The molecule has 5 rings (SSSR count). The number of fused-ring (bicyclic) bond motifs is 3. The molecule has 0 saturated carbocycles. The molecule has 1 aliphatic rings. The van der Waals surface area contributed by atoms with E-state index in [2.05, 4.69) is 81.7 Å². The maximum absolute atomic E-state index is 4.82. The van der Waals surface area contributed by atoms with Crippen molar-refractivity contribution in [1.29, 1.82) is 0 Å². The topological polar surface area (TPSA) is 17.3 Å². The Morgan fingerprint density at radius 1 is 0.875 bits per heavy atom. The molecule has 2 nitrogen and oxygen atoms in total. The van der Waals surface area contributed by atoms with Gasteiger partial charge in [-0.15, -0.1) is 0 Å². The van der Waals surface area contributed by atoms with Gasteiger partial charge in [-0.1, -0.05) is 58.0 Å². The van der Waals surface area contributed by atoms with E-state index in [1.165, 1.54) is 43.9 Å². The molecule has 2 heterocycles. The van der Waals surface area contributed by atoms with E-state index in [1.807, 2.05) is 0 Å². The van der Waals surface area contributed by atoms with E-state index in [4.69, 9.17) is 5.10 Å². The van der Waals surface area contributed by atoms with Crippen LogP contribution in [-0.4, -0.2) is 9.61 Å². The molecule has 2 aromatic carbocycles. The first-order chi connectivity index (χ1) is 11.3. The largest absolute Gasteiger partial charge is 0.232 e. The first kappa shape index (κ1) is 14.0. The van der Waals surface area contributed by atoms with Crippen LogP contribution in [-0.2, 0) is 10.8 Å². The van der Waals surface area contributed by atoms with Gasteiger partial charge in [-0.25, -0.2) is 4.52 Å². The second-order valence-electron chi connectivity index (χ2n) is 8.32. The molecule has 0 radical (unpaired) electrons. The normalized spacial score (nSPS) is 18.0. The molecule has 0 amide bonds. The SMILES string of the molecule is Cc1ccc2c3cccc4c3c3c(cnn3c2c1)C(C)(C)C4(C)C. The first-order valence-electron chi connectivity index (χ1n) is 8.68. The highest BCUT2D eigenvalue weighted by Gasteiger charge is 2.46. The monoisotopic (exact) mass is 314 g/mol. The van der Waals surface area contributed by atoms with Crippen molar-refractivity contribution in [3.8, 4) is 0 Å². The summed E-state index contributed by atoms with van der Waals surface area (Å²) in [4.78, 5) is 0. The molecule has 2 heteroatoms. The molecule has 0 spiro atoms. The molecule has 2 aromatic heterocycles. The molecule has 0 N–H and O–H groups in total. The maximum Gasteiger partial charge on any atom is 0.0788 e. The second-order valence-corrected chi connectivity index (χ2v) is 8.32. The zero-order chi connectivity index (χ0) is 16.9. The third-order valence-corrected chi connectivity index (χ3v) is 6.65. The molecule has 0 atom stereocenters. The minimum atomic E-state index is 0.0353. The van der Waals surface area contributed by atoms with Crippen molar-refractivity contribution in [2.45, 2.75) is 45.4 Å². The van der Waals surface area contributed by atoms with Crippen LogP contribution in [0.1, 0.15) is 44.4 Å². The lowest BCUT2D eigenvalue weighted by Gasteiger charge is -2.45. The fraction of sp³-hybridized carbons (Fsp3) is 0.318. The molecule has 0 fully saturated rings. The van der Waals surface area contributed by atoms with Crippen LogP contribution in [0.5, 0.6) is 0 Å². The van der Waals surface area contributed by atoms with Crippen molar-refractivity contribution >= 4 is 27.2 Å². The average molecular weight is 314 g/mol. The van der Waals surface area contributed by atoms with E-state index in [0.717, 1.165) is 0 Å². The van der Waals surface area contributed by atoms with Crippen LogP contribution in [0.2, 0.25) is 0 Å². The molecule has 120 valence electrons. The fourth-order valence-electron chi connectivity index (χ4n) is 4.50. The lowest BCUT2D eigenvalue weighted by molar-refractivity contribution is 0.304. The summed E-state index contributed by atoms with van der Waals surface area (Å²) in [5, 5.41) is 8.83. The summed E-state index contributed by atoms with van der Waals surface area (Å²) in [6, 6.07) is 13.5. The van der Waals surface area contributed by atoms with Crippen LogP contribution in [0.15, 0.2) is 42.6 Å². The Balaban J connectivity index is 2.19. The predicted molar refractivity (Wildman–Crippen MR) is 101 cm³/mol. The summed E-state index contributed by atoms with van der Waals surface area (Å²) in [6.07, 6.45) is 2.09. The Morgan fingerprint density at radius 3 is 2.42 bits per heavy atom. The zero-order valence-corrected chi connectivity index (χ0v) is 14.9. The zero-order valence-electron chi connectivity index (χ0n) is 14.9. The van der Waals surface area contributed by atoms with E-state index in [-0.39, 0.29) is 10.8 Å². The van der Waals surface area contributed by atoms with E-state index < -0.39 is 0 Å². The van der Waals surface area contributed by atoms with E-state index in [1.54, 1.807) is 0 Å². The third-order valence-electron chi connectivity index (χ3n) is 6.65. The van der Waals surface area contributed by atoms with E-state index in [0.29, 0.717) is 0 Å². The Hall–Kier alpha value is -2.35. The summed E-state index contributed by atoms with van der Waals surface area (Å²) >= 11 is 0. The van der Waals surface area contributed by atoms with Gasteiger partial charge >= 0.3 is 0 Å². The molecule has 1 aliphatic carbocycles. The summed E-state index contributed by atoms with van der Waals surface area (Å²) in [7, 11) is 0. The van der Waals surface area contributed by atoms with Gasteiger partial charge < -0.3 is 0 Å². The van der Waals surface area contributed by atoms with Gasteiger partial charge in [-0.3, -0.25) is 0 Å². The van der Waals surface area contributed by atoms with Crippen LogP contribution in [0.4, 0.5) is 0 Å². The molecular formula is C22H22N2. The van der Waals surface area contributed by atoms with Crippen LogP contribution < -0.4 is 0 Å². The molecule has 24 heavy (non-hydrogen) atoms. The second kappa shape index (κ2) is 4.00. The van der Waals surface area contributed by atoms with Gasteiger partial charge in [0.25, 0.3) is 0 Å². The van der Waals surface area contributed by atoms with Gasteiger partial charge in [0.2, 0.25) is 0 Å². The number of pyridine rings is 1. The van der Waals surface area contributed by atoms with Crippen LogP contribution >= 0.6 is 0 Å².